The molecular weight excluding hydrogens is 372 g/mol. The van der Waals surface area contributed by atoms with Crippen LogP contribution in [0.1, 0.15) is 33.2 Å². The van der Waals surface area contributed by atoms with E-state index in [4.69, 9.17) is 15.2 Å². The van der Waals surface area contributed by atoms with Gasteiger partial charge in [-0.15, -0.1) is 0 Å². The fourth-order valence-electron chi connectivity index (χ4n) is 2.75. The number of amides is 1. The lowest BCUT2D eigenvalue weighted by atomic mass is 10.1. The van der Waals surface area contributed by atoms with Gasteiger partial charge in [0.1, 0.15) is 17.1 Å². The van der Waals surface area contributed by atoms with Crippen LogP contribution in [0, 0.1) is 0 Å². The standard InChI is InChI=1S/C21H22N4O4/c1-3-29-21(27)18-13-24-25(19(18)22)16-9-7-15(8-10-16)20(26)23-12-14-5-4-6-17(11-14)28-2/h4-11,13H,3,12,22H2,1-2H3,(H,23,26). The maximum atomic E-state index is 12.4. The molecule has 0 atom stereocenters. The molecule has 150 valence electrons. The van der Waals surface area contributed by atoms with Crippen LogP contribution in [0.25, 0.3) is 5.69 Å². The topological polar surface area (TPSA) is 108 Å². The van der Waals surface area contributed by atoms with Crippen molar-refractivity contribution in [2.24, 2.45) is 0 Å². The van der Waals surface area contributed by atoms with E-state index in [-0.39, 0.29) is 23.9 Å². The number of nitrogens with one attached hydrogen (secondary N) is 1. The number of anilines is 1. The number of nitrogens with zero attached hydrogens (tertiary/aromatic N) is 2. The molecule has 0 saturated carbocycles. The lowest BCUT2D eigenvalue weighted by Gasteiger charge is -2.09. The molecule has 8 heteroatoms. The van der Waals surface area contributed by atoms with Gasteiger partial charge >= 0.3 is 5.97 Å². The average Bonchev–Trinajstić information content (AvgIpc) is 3.14. The lowest BCUT2D eigenvalue weighted by molar-refractivity contribution is 0.0527. The second kappa shape index (κ2) is 8.92. The molecule has 29 heavy (non-hydrogen) atoms. The van der Waals surface area contributed by atoms with E-state index in [0.717, 1.165) is 11.3 Å². The van der Waals surface area contributed by atoms with Crippen molar-refractivity contribution in [3.63, 3.8) is 0 Å². The van der Waals surface area contributed by atoms with Crippen LogP contribution < -0.4 is 15.8 Å². The number of rotatable bonds is 7. The summed E-state index contributed by atoms with van der Waals surface area (Å²) in [4.78, 5) is 24.3. The van der Waals surface area contributed by atoms with Crippen LogP contribution in [0.5, 0.6) is 5.75 Å². The summed E-state index contributed by atoms with van der Waals surface area (Å²) in [5, 5.41) is 7.00. The van der Waals surface area contributed by atoms with Crippen LogP contribution in [0.2, 0.25) is 0 Å². The van der Waals surface area contributed by atoms with E-state index in [1.54, 1.807) is 38.3 Å². The number of ether oxygens (including phenoxy) is 2. The first-order chi connectivity index (χ1) is 14.0. The molecule has 1 aromatic heterocycles. The van der Waals surface area contributed by atoms with Gasteiger partial charge in [-0.2, -0.15) is 5.10 Å². The molecule has 0 aliphatic rings. The van der Waals surface area contributed by atoms with Crippen LogP contribution in [-0.2, 0) is 11.3 Å². The molecule has 0 spiro atoms. The summed E-state index contributed by atoms with van der Waals surface area (Å²) in [7, 11) is 1.60. The van der Waals surface area contributed by atoms with Gasteiger partial charge in [-0.3, -0.25) is 4.79 Å². The zero-order valence-electron chi connectivity index (χ0n) is 16.2. The number of nitrogen functional groups attached to an aromatic ring is 1. The third-order valence-corrected chi connectivity index (χ3v) is 4.26. The van der Waals surface area contributed by atoms with Gasteiger partial charge in [-0.25, -0.2) is 9.48 Å². The highest BCUT2D eigenvalue weighted by molar-refractivity contribution is 5.95. The number of nitrogens with two attached hydrogens (primary N) is 1. The molecule has 0 unspecified atom stereocenters. The van der Waals surface area contributed by atoms with Crippen molar-refractivity contribution in [2.45, 2.75) is 13.5 Å². The molecule has 1 amide bonds. The molecule has 0 saturated heterocycles. The molecule has 3 aromatic rings. The van der Waals surface area contributed by atoms with Gasteiger partial charge in [0.2, 0.25) is 0 Å². The van der Waals surface area contributed by atoms with Gasteiger partial charge in [0, 0.05) is 12.1 Å². The van der Waals surface area contributed by atoms with Crippen molar-refractivity contribution in [1.29, 1.82) is 0 Å². The van der Waals surface area contributed by atoms with Crippen molar-refractivity contribution >= 4 is 17.7 Å². The Morgan fingerprint density at radius 1 is 1.17 bits per heavy atom. The van der Waals surface area contributed by atoms with Crippen LogP contribution in [0.15, 0.2) is 54.7 Å². The van der Waals surface area contributed by atoms with Gasteiger partial charge in [-0.1, -0.05) is 12.1 Å². The van der Waals surface area contributed by atoms with Gasteiger partial charge < -0.3 is 20.5 Å². The van der Waals surface area contributed by atoms with E-state index in [9.17, 15) is 9.59 Å². The molecule has 0 aliphatic heterocycles. The Bertz CT molecular complexity index is 1010. The van der Waals surface area contributed by atoms with E-state index in [1.165, 1.54) is 10.9 Å². The molecular formula is C21H22N4O4. The predicted molar refractivity (Wildman–Crippen MR) is 108 cm³/mol. The summed E-state index contributed by atoms with van der Waals surface area (Å²) >= 11 is 0. The Morgan fingerprint density at radius 3 is 2.62 bits per heavy atom. The van der Waals surface area contributed by atoms with Crippen molar-refractivity contribution in [3.05, 3.63) is 71.4 Å². The fraction of sp³-hybridized carbons (Fsp3) is 0.190. The fourth-order valence-corrected chi connectivity index (χ4v) is 2.75. The van der Waals surface area contributed by atoms with Gasteiger partial charge in [0.25, 0.3) is 5.91 Å². The summed E-state index contributed by atoms with van der Waals surface area (Å²) in [5.74, 6) is 0.184. The smallest absolute Gasteiger partial charge is 0.343 e. The number of hydrogen-bond donors (Lipinski definition) is 2. The Morgan fingerprint density at radius 2 is 1.93 bits per heavy atom. The van der Waals surface area contributed by atoms with E-state index in [2.05, 4.69) is 10.4 Å². The maximum absolute atomic E-state index is 12.4. The van der Waals surface area contributed by atoms with E-state index in [0.29, 0.717) is 17.8 Å². The first-order valence-corrected chi connectivity index (χ1v) is 9.05. The minimum Gasteiger partial charge on any atom is -0.497 e. The van der Waals surface area contributed by atoms with Gasteiger partial charge in [0.05, 0.1) is 25.6 Å². The van der Waals surface area contributed by atoms with Crippen molar-refractivity contribution < 1.29 is 19.1 Å². The number of hydrogen-bond acceptors (Lipinski definition) is 6. The highest BCUT2D eigenvalue weighted by Gasteiger charge is 2.17. The molecule has 0 fully saturated rings. The predicted octanol–water partition coefficient (Wildman–Crippen LogP) is 2.57. The molecule has 1 heterocycles. The summed E-state index contributed by atoms with van der Waals surface area (Å²) in [6, 6.07) is 14.2. The summed E-state index contributed by atoms with van der Waals surface area (Å²) in [6.45, 7) is 2.35. The third-order valence-electron chi connectivity index (χ3n) is 4.26. The molecule has 0 aliphatic carbocycles. The quantitative estimate of drug-likeness (QED) is 0.596. The lowest BCUT2D eigenvalue weighted by Crippen LogP contribution is -2.22. The van der Waals surface area contributed by atoms with Crippen molar-refractivity contribution in [2.75, 3.05) is 19.5 Å². The molecule has 0 radical (unpaired) electrons. The summed E-state index contributed by atoms with van der Waals surface area (Å²) < 4.78 is 11.6. The van der Waals surface area contributed by atoms with Crippen LogP contribution >= 0.6 is 0 Å². The number of carbonyl (C=O) groups excluding carboxylic acids is 2. The van der Waals surface area contributed by atoms with Crippen LogP contribution in [0.3, 0.4) is 0 Å². The SMILES string of the molecule is CCOC(=O)c1cnn(-c2ccc(C(=O)NCc3cccc(OC)c3)cc2)c1N. The van der Waals surface area contributed by atoms with Gasteiger partial charge in [0.15, 0.2) is 0 Å². The number of methoxy groups -OCH3 is 1. The monoisotopic (exact) mass is 394 g/mol. The number of esters is 1. The Kier molecular flexibility index (Phi) is 6.13. The molecule has 3 N–H and O–H groups in total. The van der Waals surface area contributed by atoms with Crippen molar-refractivity contribution in [1.82, 2.24) is 15.1 Å². The Balaban J connectivity index is 1.68. The highest BCUT2D eigenvalue weighted by atomic mass is 16.5. The second-order valence-electron chi connectivity index (χ2n) is 6.16. The first-order valence-electron chi connectivity index (χ1n) is 9.05. The summed E-state index contributed by atoms with van der Waals surface area (Å²) in [6.07, 6.45) is 1.36. The Hall–Kier alpha value is -3.81. The average molecular weight is 394 g/mol. The van der Waals surface area contributed by atoms with E-state index >= 15 is 0 Å². The summed E-state index contributed by atoms with van der Waals surface area (Å²) in [5.41, 5.74) is 8.27. The van der Waals surface area contributed by atoms with Crippen LogP contribution in [-0.4, -0.2) is 35.4 Å². The first kappa shape index (κ1) is 19.9. The normalized spacial score (nSPS) is 10.4. The maximum Gasteiger partial charge on any atom is 0.343 e. The molecule has 3 rings (SSSR count). The Labute approximate surface area is 168 Å². The second-order valence-corrected chi connectivity index (χ2v) is 6.16. The minimum absolute atomic E-state index is 0.179. The molecule has 0 bridgehead atoms. The van der Waals surface area contributed by atoms with Gasteiger partial charge in [-0.05, 0) is 48.9 Å². The number of benzene rings is 2. The van der Waals surface area contributed by atoms with E-state index < -0.39 is 5.97 Å². The van der Waals surface area contributed by atoms with Crippen LogP contribution in [0.4, 0.5) is 5.82 Å². The third kappa shape index (κ3) is 4.55. The van der Waals surface area contributed by atoms with Crippen molar-refractivity contribution in [3.8, 4) is 11.4 Å². The number of aromatic nitrogens is 2. The molecule has 8 nitrogen and oxygen atoms in total. The largest absolute Gasteiger partial charge is 0.497 e. The zero-order valence-corrected chi connectivity index (χ0v) is 16.2. The number of carbonyl (C=O) groups is 2. The zero-order chi connectivity index (χ0) is 20.8. The minimum atomic E-state index is -0.523. The highest BCUT2D eigenvalue weighted by Crippen LogP contribution is 2.19. The molecule has 2 aromatic carbocycles. The van der Waals surface area contributed by atoms with E-state index in [1.807, 2.05) is 24.3 Å².